The third kappa shape index (κ3) is 3.47. The monoisotopic (exact) mass is 266 g/mol. The molecular formula is C11H10N2O2S2. The zero-order valence-corrected chi connectivity index (χ0v) is 10.5. The molecule has 0 fully saturated rings. The highest BCUT2D eigenvalue weighted by Gasteiger charge is 2.10. The number of nitrogens with one attached hydrogen (secondary N) is 1. The highest BCUT2D eigenvalue weighted by atomic mass is 32.1. The van der Waals surface area contributed by atoms with Crippen LogP contribution in [0.5, 0.6) is 0 Å². The van der Waals surface area contributed by atoms with E-state index in [-0.39, 0.29) is 24.5 Å². The first-order chi connectivity index (χ1) is 8.25. The van der Waals surface area contributed by atoms with Gasteiger partial charge < -0.3 is 5.32 Å². The number of hydrogen-bond acceptors (Lipinski definition) is 5. The second kappa shape index (κ2) is 5.70. The van der Waals surface area contributed by atoms with Crippen molar-refractivity contribution in [1.82, 2.24) is 4.98 Å². The molecule has 6 heteroatoms. The summed E-state index contributed by atoms with van der Waals surface area (Å²) < 4.78 is 0. The summed E-state index contributed by atoms with van der Waals surface area (Å²) in [5.74, 6) is -0.167. The molecule has 4 nitrogen and oxygen atoms in total. The molecule has 0 atom stereocenters. The molecule has 1 amide bonds. The van der Waals surface area contributed by atoms with Gasteiger partial charge in [-0.2, -0.15) is 0 Å². The van der Waals surface area contributed by atoms with Crippen LogP contribution in [0.25, 0.3) is 0 Å². The van der Waals surface area contributed by atoms with Gasteiger partial charge in [0.1, 0.15) is 0 Å². The largest absolute Gasteiger partial charge is 0.302 e. The fourth-order valence-corrected chi connectivity index (χ4v) is 2.49. The fourth-order valence-electron chi connectivity index (χ4n) is 1.25. The molecule has 2 aromatic heterocycles. The van der Waals surface area contributed by atoms with Crippen LogP contribution in [0, 0.1) is 0 Å². The number of rotatable bonds is 5. The third-order valence-electron chi connectivity index (χ3n) is 2.05. The number of thiophene rings is 1. The van der Waals surface area contributed by atoms with E-state index in [0.717, 1.165) is 0 Å². The number of hydrogen-bond donors (Lipinski definition) is 1. The number of anilines is 1. The maximum absolute atomic E-state index is 11.6. The van der Waals surface area contributed by atoms with Gasteiger partial charge in [-0.1, -0.05) is 6.07 Å². The summed E-state index contributed by atoms with van der Waals surface area (Å²) in [5, 5.41) is 6.84. The molecule has 0 aromatic carbocycles. The highest BCUT2D eigenvalue weighted by molar-refractivity contribution is 7.13. The topological polar surface area (TPSA) is 59.1 Å². The Bertz CT molecular complexity index is 492. The van der Waals surface area contributed by atoms with Crippen LogP contribution in [0.1, 0.15) is 22.5 Å². The Kier molecular flexibility index (Phi) is 4.00. The molecule has 0 saturated heterocycles. The second-order valence-corrected chi connectivity index (χ2v) is 5.13. The number of carbonyl (C=O) groups is 2. The van der Waals surface area contributed by atoms with Gasteiger partial charge >= 0.3 is 0 Å². The van der Waals surface area contributed by atoms with Crippen molar-refractivity contribution in [3.63, 3.8) is 0 Å². The van der Waals surface area contributed by atoms with Crippen molar-refractivity contribution in [2.24, 2.45) is 0 Å². The standard InChI is InChI=1S/C11H10N2O2S2/c14-8(9-2-1-6-16-9)3-4-10(15)13-11-12-5-7-17-11/h1-2,5-7H,3-4H2,(H,12,13,15). The first-order valence-electron chi connectivity index (χ1n) is 5.02. The Morgan fingerprint density at radius 1 is 1.24 bits per heavy atom. The van der Waals surface area contributed by atoms with Crippen LogP contribution in [0.3, 0.4) is 0 Å². The molecule has 1 N–H and O–H groups in total. The van der Waals surface area contributed by atoms with Crippen LogP contribution >= 0.6 is 22.7 Å². The number of amides is 1. The van der Waals surface area contributed by atoms with Crippen molar-refractivity contribution in [1.29, 1.82) is 0 Å². The molecule has 0 bridgehead atoms. The number of nitrogens with zero attached hydrogens (tertiary/aromatic N) is 1. The van der Waals surface area contributed by atoms with Gasteiger partial charge in [0.05, 0.1) is 4.88 Å². The van der Waals surface area contributed by atoms with E-state index in [0.29, 0.717) is 10.0 Å². The molecule has 2 heterocycles. The summed E-state index contributed by atoms with van der Waals surface area (Å²) in [6, 6.07) is 3.60. The van der Waals surface area contributed by atoms with E-state index in [1.54, 1.807) is 17.6 Å². The summed E-state index contributed by atoms with van der Waals surface area (Å²) in [5.41, 5.74) is 0. The lowest BCUT2D eigenvalue weighted by Crippen LogP contribution is -2.12. The minimum atomic E-state index is -0.176. The minimum Gasteiger partial charge on any atom is -0.302 e. The maximum Gasteiger partial charge on any atom is 0.226 e. The van der Waals surface area contributed by atoms with Crippen LogP contribution in [-0.2, 0) is 4.79 Å². The molecule has 0 aliphatic heterocycles. The molecule has 88 valence electrons. The third-order valence-corrected chi connectivity index (χ3v) is 3.65. The number of aromatic nitrogens is 1. The van der Waals surface area contributed by atoms with Crippen LogP contribution in [0.15, 0.2) is 29.1 Å². The lowest BCUT2D eigenvalue weighted by molar-refractivity contribution is -0.116. The van der Waals surface area contributed by atoms with Gasteiger partial charge in [0.15, 0.2) is 10.9 Å². The van der Waals surface area contributed by atoms with Crippen molar-refractivity contribution in [2.45, 2.75) is 12.8 Å². The minimum absolute atomic E-state index is 0.00860. The summed E-state index contributed by atoms with van der Waals surface area (Å²) in [6.07, 6.45) is 2.05. The van der Waals surface area contributed by atoms with Gasteiger partial charge in [0, 0.05) is 24.4 Å². The Hall–Kier alpha value is -1.53. The Morgan fingerprint density at radius 2 is 2.12 bits per heavy atom. The van der Waals surface area contributed by atoms with Gasteiger partial charge in [-0.15, -0.1) is 22.7 Å². The first kappa shape index (κ1) is 11.9. The molecule has 2 aromatic rings. The molecule has 0 radical (unpaired) electrons. The van der Waals surface area contributed by atoms with E-state index in [1.807, 2.05) is 11.4 Å². The quantitative estimate of drug-likeness (QED) is 0.846. The van der Waals surface area contributed by atoms with Crippen LogP contribution < -0.4 is 5.32 Å². The van der Waals surface area contributed by atoms with Crippen LogP contribution in [0.2, 0.25) is 0 Å². The summed E-state index contributed by atoms with van der Waals surface area (Å²) in [6.45, 7) is 0. The number of Topliss-reactive ketones (excluding diaryl/α,β-unsaturated/α-hetero) is 1. The molecule has 17 heavy (non-hydrogen) atoms. The van der Waals surface area contributed by atoms with Crippen molar-refractivity contribution >= 4 is 39.5 Å². The average Bonchev–Trinajstić information content (AvgIpc) is 2.97. The van der Waals surface area contributed by atoms with Gasteiger partial charge in [0.2, 0.25) is 5.91 Å². The Balaban J connectivity index is 1.79. The van der Waals surface area contributed by atoms with Crippen molar-refractivity contribution < 1.29 is 9.59 Å². The van der Waals surface area contributed by atoms with E-state index in [9.17, 15) is 9.59 Å². The summed E-state index contributed by atoms with van der Waals surface area (Å²) >= 11 is 2.75. The normalized spacial score (nSPS) is 10.1. The summed E-state index contributed by atoms with van der Waals surface area (Å²) in [7, 11) is 0. The molecule has 2 rings (SSSR count). The van der Waals surface area contributed by atoms with E-state index < -0.39 is 0 Å². The van der Waals surface area contributed by atoms with E-state index in [4.69, 9.17) is 0 Å². The van der Waals surface area contributed by atoms with Crippen molar-refractivity contribution in [3.05, 3.63) is 34.0 Å². The SMILES string of the molecule is O=C(CCC(=O)c1cccs1)Nc1nccs1. The van der Waals surface area contributed by atoms with E-state index in [2.05, 4.69) is 10.3 Å². The molecule has 0 spiro atoms. The Morgan fingerprint density at radius 3 is 2.76 bits per heavy atom. The lowest BCUT2D eigenvalue weighted by atomic mass is 10.2. The average molecular weight is 266 g/mol. The second-order valence-electron chi connectivity index (χ2n) is 3.29. The lowest BCUT2D eigenvalue weighted by Gasteiger charge is -2.00. The van der Waals surface area contributed by atoms with Crippen molar-refractivity contribution in [2.75, 3.05) is 5.32 Å². The molecule has 0 saturated carbocycles. The maximum atomic E-state index is 11.6. The highest BCUT2D eigenvalue weighted by Crippen LogP contribution is 2.14. The zero-order chi connectivity index (χ0) is 12.1. The number of carbonyl (C=O) groups excluding carboxylic acids is 2. The molecular weight excluding hydrogens is 256 g/mol. The van der Waals surface area contributed by atoms with Crippen LogP contribution in [0.4, 0.5) is 5.13 Å². The summed E-state index contributed by atoms with van der Waals surface area (Å²) in [4.78, 5) is 27.8. The van der Waals surface area contributed by atoms with Gasteiger partial charge in [-0.05, 0) is 11.4 Å². The van der Waals surface area contributed by atoms with E-state index >= 15 is 0 Å². The predicted octanol–water partition coefficient (Wildman–Crippen LogP) is 2.81. The van der Waals surface area contributed by atoms with E-state index in [1.165, 1.54) is 22.7 Å². The molecule has 0 aliphatic rings. The molecule has 0 aliphatic carbocycles. The van der Waals surface area contributed by atoms with Gasteiger partial charge in [-0.25, -0.2) is 4.98 Å². The van der Waals surface area contributed by atoms with Crippen LogP contribution in [-0.4, -0.2) is 16.7 Å². The number of thiazole rings is 1. The van der Waals surface area contributed by atoms with Gasteiger partial charge in [-0.3, -0.25) is 9.59 Å². The predicted molar refractivity (Wildman–Crippen MR) is 68.6 cm³/mol. The fraction of sp³-hybridized carbons (Fsp3) is 0.182. The Labute approximate surface area is 106 Å². The number of ketones is 1. The van der Waals surface area contributed by atoms with Crippen molar-refractivity contribution in [3.8, 4) is 0 Å². The first-order valence-corrected chi connectivity index (χ1v) is 6.77. The zero-order valence-electron chi connectivity index (χ0n) is 8.88. The van der Waals surface area contributed by atoms with Gasteiger partial charge in [0.25, 0.3) is 0 Å². The molecule has 0 unspecified atom stereocenters. The smallest absolute Gasteiger partial charge is 0.226 e.